The molecule has 0 saturated heterocycles. The molecule has 0 fully saturated rings. The van der Waals surface area contributed by atoms with Crippen LogP contribution in [0.3, 0.4) is 0 Å². The van der Waals surface area contributed by atoms with E-state index in [4.69, 9.17) is 5.73 Å². The Bertz CT molecular complexity index is 333. The van der Waals surface area contributed by atoms with Crippen LogP contribution in [0.5, 0.6) is 0 Å². The zero-order valence-corrected chi connectivity index (χ0v) is 10.3. The van der Waals surface area contributed by atoms with Crippen LogP contribution in [0.4, 0.5) is 13.2 Å². The predicted molar refractivity (Wildman–Crippen MR) is 66.1 cm³/mol. The maximum Gasteiger partial charge on any atom is 0.416 e. The lowest BCUT2D eigenvalue weighted by Crippen LogP contribution is -2.15. The van der Waals surface area contributed by atoms with Gasteiger partial charge in [0.25, 0.3) is 0 Å². The summed E-state index contributed by atoms with van der Waals surface area (Å²) >= 11 is 0. The van der Waals surface area contributed by atoms with E-state index in [-0.39, 0.29) is 0 Å². The first-order chi connectivity index (χ1) is 8.54. The molecule has 1 rings (SSSR count). The largest absolute Gasteiger partial charge is 0.416 e. The second-order valence-corrected chi connectivity index (χ2v) is 4.22. The van der Waals surface area contributed by atoms with E-state index in [1.165, 1.54) is 12.1 Å². The van der Waals surface area contributed by atoms with E-state index in [0.717, 1.165) is 43.5 Å². The molecule has 0 aliphatic rings. The lowest BCUT2D eigenvalue weighted by atomic mass is 10.1. The fourth-order valence-electron chi connectivity index (χ4n) is 1.62. The number of rotatable bonds is 7. The van der Waals surface area contributed by atoms with Gasteiger partial charge in [-0.2, -0.15) is 13.2 Å². The Morgan fingerprint density at radius 1 is 1.00 bits per heavy atom. The van der Waals surface area contributed by atoms with Crippen molar-refractivity contribution in [1.82, 2.24) is 5.32 Å². The summed E-state index contributed by atoms with van der Waals surface area (Å²) in [5, 5.41) is 3.20. The number of unbranched alkanes of at least 4 members (excludes halogenated alkanes) is 2. The van der Waals surface area contributed by atoms with Crippen molar-refractivity contribution in [2.24, 2.45) is 5.73 Å². The Morgan fingerprint density at radius 2 is 1.67 bits per heavy atom. The van der Waals surface area contributed by atoms with Crippen LogP contribution < -0.4 is 11.1 Å². The molecule has 0 saturated carbocycles. The Morgan fingerprint density at radius 3 is 2.22 bits per heavy atom. The molecule has 0 amide bonds. The standard InChI is InChI=1S/C13H19F3N2/c14-13(15,16)12-6-4-11(5-7-12)10-18-9-3-1-2-8-17/h4-7,18H,1-3,8-10,17H2. The molecule has 0 aliphatic heterocycles. The van der Waals surface area contributed by atoms with Crippen LogP contribution in [-0.2, 0) is 12.7 Å². The van der Waals surface area contributed by atoms with E-state index in [9.17, 15) is 13.2 Å². The molecule has 1 aromatic carbocycles. The molecule has 3 N–H and O–H groups in total. The van der Waals surface area contributed by atoms with Gasteiger partial charge < -0.3 is 11.1 Å². The Hall–Kier alpha value is -1.07. The highest BCUT2D eigenvalue weighted by atomic mass is 19.4. The van der Waals surface area contributed by atoms with E-state index in [1.807, 2.05) is 0 Å². The van der Waals surface area contributed by atoms with Crippen LogP contribution in [0.25, 0.3) is 0 Å². The quantitative estimate of drug-likeness (QED) is 0.740. The Kier molecular flexibility index (Phi) is 6.15. The summed E-state index contributed by atoms with van der Waals surface area (Å²) in [6.07, 6.45) is -1.12. The topological polar surface area (TPSA) is 38.0 Å². The third-order valence-corrected chi connectivity index (χ3v) is 2.67. The smallest absolute Gasteiger partial charge is 0.330 e. The van der Waals surface area contributed by atoms with Gasteiger partial charge in [0.1, 0.15) is 0 Å². The van der Waals surface area contributed by atoms with Crippen molar-refractivity contribution in [3.05, 3.63) is 35.4 Å². The van der Waals surface area contributed by atoms with Gasteiger partial charge in [-0.1, -0.05) is 18.6 Å². The number of hydrogen-bond acceptors (Lipinski definition) is 2. The molecular formula is C13H19F3N2. The van der Waals surface area contributed by atoms with Crippen LogP contribution in [0.2, 0.25) is 0 Å². The molecule has 0 unspecified atom stereocenters. The second-order valence-electron chi connectivity index (χ2n) is 4.22. The SMILES string of the molecule is NCCCCCNCc1ccc(C(F)(F)F)cc1. The summed E-state index contributed by atoms with van der Waals surface area (Å²) in [6, 6.07) is 5.25. The van der Waals surface area contributed by atoms with Gasteiger partial charge in [-0.05, 0) is 43.6 Å². The van der Waals surface area contributed by atoms with Crippen LogP contribution in [-0.4, -0.2) is 13.1 Å². The van der Waals surface area contributed by atoms with Gasteiger partial charge >= 0.3 is 6.18 Å². The number of benzene rings is 1. The van der Waals surface area contributed by atoms with E-state index in [2.05, 4.69) is 5.32 Å². The summed E-state index contributed by atoms with van der Waals surface area (Å²) < 4.78 is 37.0. The average Bonchev–Trinajstić information content (AvgIpc) is 2.33. The molecule has 2 nitrogen and oxygen atoms in total. The van der Waals surface area contributed by atoms with Crippen LogP contribution in [0.15, 0.2) is 24.3 Å². The molecule has 0 atom stereocenters. The van der Waals surface area contributed by atoms with Gasteiger partial charge in [0.05, 0.1) is 5.56 Å². The summed E-state index contributed by atoms with van der Waals surface area (Å²) in [7, 11) is 0. The average molecular weight is 260 g/mol. The van der Waals surface area contributed by atoms with Crippen LogP contribution in [0.1, 0.15) is 30.4 Å². The third kappa shape index (κ3) is 5.51. The monoisotopic (exact) mass is 260 g/mol. The molecule has 0 aromatic heterocycles. The first kappa shape index (κ1) is 15.0. The Balaban J connectivity index is 2.27. The first-order valence-electron chi connectivity index (χ1n) is 6.11. The minimum Gasteiger partial charge on any atom is -0.330 e. The maximum absolute atomic E-state index is 12.3. The highest BCUT2D eigenvalue weighted by Crippen LogP contribution is 2.28. The van der Waals surface area contributed by atoms with Gasteiger partial charge in [-0.3, -0.25) is 0 Å². The highest BCUT2D eigenvalue weighted by molar-refractivity contribution is 5.24. The minimum absolute atomic E-state index is 0.598. The molecule has 0 spiro atoms. The minimum atomic E-state index is -4.26. The molecule has 0 aliphatic carbocycles. The zero-order valence-electron chi connectivity index (χ0n) is 10.3. The van der Waals surface area contributed by atoms with Crippen molar-refractivity contribution in [1.29, 1.82) is 0 Å². The van der Waals surface area contributed by atoms with Gasteiger partial charge in [0.2, 0.25) is 0 Å². The van der Waals surface area contributed by atoms with Crippen molar-refractivity contribution in [3.8, 4) is 0 Å². The van der Waals surface area contributed by atoms with Crippen molar-refractivity contribution < 1.29 is 13.2 Å². The Labute approximate surface area is 105 Å². The molecular weight excluding hydrogens is 241 g/mol. The fourth-order valence-corrected chi connectivity index (χ4v) is 1.62. The molecule has 0 radical (unpaired) electrons. The molecule has 102 valence electrons. The van der Waals surface area contributed by atoms with Crippen molar-refractivity contribution in [3.63, 3.8) is 0 Å². The van der Waals surface area contributed by atoms with Crippen LogP contribution >= 0.6 is 0 Å². The first-order valence-corrected chi connectivity index (χ1v) is 6.11. The predicted octanol–water partition coefficient (Wildman–Crippen LogP) is 2.92. The van der Waals surface area contributed by atoms with Crippen LogP contribution in [0, 0.1) is 0 Å². The lowest BCUT2D eigenvalue weighted by Gasteiger charge is -2.08. The van der Waals surface area contributed by atoms with Gasteiger partial charge in [-0.15, -0.1) is 0 Å². The molecule has 1 aromatic rings. The summed E-state index contributed by atoms with van der Waals surface area (Å²) in [6.45, 7) is 2.17. The second kappa shape index (κ2) is 7.38. The summed E-state index contributed by atoms with van der Waals surface area (Å²) in [5.74, 6) is 0. The fraction of sp³-hybridized carbons (Fsp3) is 0.538. The number of hydrogen-bond donors (Lipinski definition) is 2. The molecule has 0 bridgehead atoms. The van der Waals surface area contributed by atoms with Crippen molar-refractivity contribution >= 4 is 0 Å². The number of nitrogens with one attached hydrogen (secondary N) is 1. The lowest BCUT2D eigenvalue weighted by molar-refractivity contribution is -0.137. The molecule has 5 heteroatoms. The van der Waals surface area contributed by atoms with E-state index in [1.54, 1.807) is 0 Å². The number of alkyl halides is 3. The number of nitrogens with two attached hydrogens (primary N) is 1. The van der Waals surface area contributed by atoms with Gasteiger partial charge in [-0.25, -0.2) is 0 Å². The molecule has 18 heavy (non-hydrogen) atoms. The summed E-state index contributed by atoms with van der Waals surface area (Å²) in [5.41, 5.74) is 5.63. The zero-order chi connectivity index (χ0) is 13.4. The van der Waals surface area contributed by atoms with Crippen molar-refractivity contribution in [2.45, 2.75) is 32.0 Å². The normalized spacial score (nSPS) is 11.8. The van der Waals surface area contributed by atoms with E-state index in [0.29, 0.717) is 13.1 Å². The van der Waals surface area contributed by atoms with Gasteiger partial charge in [0.15, 0.2) is 0 Å². The maximum atomic E-state index is 12.3. The number of halogens is 3. The summed E-state index contributed by atoms with van der Waals surface area (Å²) in [4.78, 5) is 0. The highest BCUT2D eigenvalue weighted by Gasteiger charge is 2.29. The van der Waals surface area contributed by atoms with Gasteiger partial charge in [0, 0.05) is 6.54 Å². The third-order valence-electron chi connectivity index (χ3n) is 2.67. The molecule has 0 heterocycles. The van der Waals surface area contributed by atoms with Crippen molar-refractivity contribution in [2.75, 3.05) is 13.1 Å². The van der Waals surface area contributed by atoms with E-state index < -0.39 is 11.7 Å². The van der Waals surface area contributed by atoms with E-state index >= 15 is 0 Å².